The number of hydrogen-bond donors (Lipinski definition) is 1. The molecule has 2 aromatic heterocycles. The zero-order valence-corrected chi connectivity index (χ0v) is 13.2. The summed E-state index contributed by atoms with van der Waals surface area (Å²) >= 11 is 1.89. The van der Waals surface area contributed by atoms with Gasteiger partial charge in [0.05, 0.1) is 12.8 Å². The number of hydrogen-bond acceptors (Lipinski definition) is 5. The molecule has 1 aliphatic heterocycles. The molecule has 0 aliphatic carbocycles. The molecule has 0 spiro atoms. The van der Waals surface area contributed by atoms with Gasteiger partial charge in [0.2, 0.25) is 5.88 Å². The van der Waals surface area contributed by atoms with Crippen molar-refractivity contribution in [3.63, 3.8) is 0 Å². The molecule has 112 valence electrons. The van der Waals surface area contributed by atoms with Gasteiger partial charge in [-0.25, -0.2) is 4.98 Å². The van der Waals surface area contributed by atoms with E-state index >= 15 is 0 Å². The van der Waals surface area contributed by atoms with E-state index in [1.54, 1.807) is 12.0 Å². The van der Waals surface area contributed by atoms with E-state index in [9.17, 15) is 0 Å². The van der Waals surface area contributed by atoms with E-state index in [2.05, 4.69) is 26.6 Å². The van der Waals surface area contributed by atoms with Gasteiger partial charge in [-0.15, -0.1) is 11.3 Å². The number of rotatable bonds is 6. The van der Waals surface area contributed by atoms with E-state index in [-0.39, 0.29) is 0 Å². The summed E-state index contributed by atoms with van der Waals surface area (Å²) in [6.45, 7) is 5.12. The lowest BCUT2D eigenvalue weighted by Crippen LogP contribution is -2.35. The highest BCUT2D eigenvalue weighted by atomic mass is 32.1. The normalized spacial score (nSPS) is 14.9. The second-order valence-corrected chi connectivity index (χ2v) is 6.24. The van der Waals surface area contributed by atoms with E-state index < -0.39 is 0 Å². The fourth-order valence-corrected chi connectivity index (χ4v) is 3.51. The van der Waals surface area contributed by atoms with Gasteiger partial charge in [-0.2, -0.15) is 0 Å². The van der Waals surface area contributed by atoms with Crippen LogP contribution in [0.5, 0.6) is 5.88 Å². The molecule has 1 N–H and O–H groups in total. The van der Waals surface area contributed by atoms with Crippen LogP contribution in [0.15, 0.2) is 29.6 Å². The number of thiophene rings is 1. The first-order valence-corrected chi connectivity index (χ1v) is 8.21. The van der Waals surface area contributed by atoms with Gasteiger partial charge in [0.1, 0.15) is 0 Å². The summed E-state index contributed by atoms with van der Waals surface area (Å²) in [5.74, 6) is 0.676. The molecule has 0 atom stereocenters. The van der Waals surface area contributed by atoms with Crippen molar-refractivity contribution in [3.05, 3.63) is 45.8 Å². The third-order valence-corrected chi connectivity index (χ3v) is 4.81. The van der Waals surface area contributed by atoms with E-state index in [0.717, 1.165) is 31.9 Å². The van der Waals surface area contributed by atoms with Crippen LogP contribution in [-0.2, 0) is 19.5 Å². The van der Waals surface area contributed by atoms with Crippen molar-refractivity contribution in [2.75, 3.05) is 26.7 Å². The fraction of sp³-hybridized carbons (Fsp3) is 0.438. The molecule has 0 bridgehead atoms. The maximum Gasteiger partial charge on any atom is 0.213 e. The summed E-state index contributed by atoms with van der Waals surface area (Å²) in [4.78, 5) is 8.49. The van der Waals surface area contributed by atoms with E-state index in [1.807, 2.05) is 29.5 Å². The van der Waals surface area contributed by atoms with Crippen LogP contribution in [-0.4, -0.2) is 36.6 Å². The number of methoxy groups -OCH3 is 1. The molecular weight excluding hydrogens is 282 g/mol. The maximum atomic E-state index is 5.14. The highest BCUT2D eigenvalue weighted by Crippen LogP contribution is 2.23. The Balaban J connectivity index is 1.41. The van der Waals surface area contributed by atoms with Crippen LogP contribution in [0.25, 0.3) is 0 Å². The van der Waals surface area contributed by atoms with Crippen molar-refractivity contribution in [2.45, 2.75) is 19.5 Å². The number of aromatic nitrogens is 1. The van der Waals surface area contributed by atoms with E-state index in [0.29, 0.717) is 5.88 Å². The lowest BCUT2D eigenvalue weighted by molar-refractivity contribution is 0.255. The Bertz CT molecular complexity index is 584. The van der Waals surface area contributed by atoms with Crippen LogP contribution in [0.1, 0.15) is 16.1 Å². The number of ether oxygens (including phenoxy) is 1. The second kappa shape index (κ2) is 7.02. The third-order valence-electron chi connectivity index (χ3n) is 3.79. The van der Waals surface area contributed by atoms with Crippen molar-refractivity contribution in [1.29, 1.82) is 0 Å². The van der Waals surface area contributed by atoms with Crippen molar-refractivity contribution < 1.29 is 4.74 Å². The molecule has 4 nitrogen and oxygen atoms in total. The molecule has 0 amide bonds. The number of pyridine rings is 1. The predicted octanol–water partition coefficient (Wildman–Crippen LogP) is 2.30. The van der Waals surface area contributed by atoms with Crippen molar-refractivity contribution >= 4 is 11.3 Å². The molecule has 21 heavy (non-hydrogen) atoms. The zero-order valence-electron chi connectivity index (χ0n) is 12.3. The number of nitrogens with one attached hydrogen (secondary N) is 1. The van der Waals surface area contributed by atoms with Crippen molar-refractivity contribution in [2.24, 2.45) is 0 Å². The average Bonchev–Trinajstić information content (AvgIpc) is 2.99. The van der Waals surface area contributed by atoms with Crippen LogP contribution in [0, 0.1) is 0 Å². The van der Waals surface area contributed by atoms with Crippen LogP contribution < -0.4 is 10.1 Å². The molecule has 0 unspecified atom stereocenters. The van der Waals surface area contributed by atoms with Crippen molar-refractivity contribution in [1.82, 2.24) is 15.2 Å². The molecule has 0 saturated carbocycles. The topological polar surface area (TPSA) is 37.4 Å². The molecule has 1 aliphatic rings. The minimum absolute atomic E-state index is 0.676. The highest BCUT2D eigenvalue weighted by Gasteiger charge is 2.16. The second-order valence-electron chi connectivity index (χ2n) is 5.24. The smallest absolute Gasteiger partial charge is 0.213 e. The summed E-state index contributed by atoms with van der Waals surface area (Å²) in [5, 5.41) is 5.67. The first-order chi connectivity index (χ1) is 10.3. The highest BCUT2D eigenvalue weighted by molar-refractivity contribution is 7.10. The Morgan fingerprint density at radius 2 is 2.33 bits per heavy atom. The van der Waals surface area contributed by atoms with Gasteiger partial charge in [-0.05, 0) is 29.5 Å². The van der Waals surface area contributed by atoms with E-state index in [4.69, 9.17) is 4.74 Å². The van der Waals surface area contributed by atoms with Gasteiger partial charge in [0, 0.05) is 43.7 Å². The largest absolute Gasteiger partial charge is 0.481 e. The van der Waals surface area contributed by atoms with Gasteiger partial charge in [-0.1, -0.05) is 6.07 Å². The Labute approximate surface area is 129 Å². The SMILES string of the molecule is COc1cccc(CNCCN2CCc3sccc3C2)n1. The van der Waals surface area contributed by atoms with Crippen LogP contribution in [0.4, 0.5) is 0 Å². The molecule has 2 aromatic rings. The number of fused-ring (bicyclic) bond motifs is 1. The molecule has 0 radical (unpaired) electrons. The lowest BCUT2D eigenvalue weighted by Gasteiger charge is -2.26. The first kappa shape index (κ1) is 14.5. The van der Waals surface area contributed by atoms with Gasteiger partial charge in [0.25, 0.3) is 0 Å². The van der Waals surface area contributed by atoms with Crippen molar-refractivity contribution in [3.8, 4) is 5.88 Å². The Morgan fingerprint density at radius 1 is 1.38 bits per heavy atom. The average molecular weight is 303 g/mol. The third kappa shape index (κ3) is 3.81. The van der Waals surface area contributed by atoms with Crippen LogP contribution >= 0.6 is 11.3 Å². The molecule has 3 rings (SSSR count). The van der Waals surface area contributed by atoms with Gasteiger partial charge in [-0.3, -0.25) is 4.90 Å². The Kier molecular flexibility index (Phi) is 4.85. The summed E-state index contributed by atoms with van der Waals surface area (Å²) in [6.07, 6.45) is 1.20. The lowest BCUT2D eigenvalue weighted by atomic mass is 10.1. The summed E-state index contributed by atoms with van der Waals surface area (Å²) in [5.41, 5.74) is 2.54. The first-order valence-electron chi connectivity index (χ1n) is 7.33. The Hall–Kier alpha value is -1.43. The number of nitrogens with zero attached hydrogens (tertiary/aromatic N) is 2. The summed E-state index contributed by atoms with van der Waals surface area (Å²) in [6, 6.07) is 8.13. The molecule has 5 heteroatoms. The molecule has 3 heterocycles. The molecule has 0 fully saturated rings. The summed E-state index contributed by atoms with van der Waals surface area (Å²) < 4.78 is 5.14. The van der Waals surface area contributed by atoms with Gasteiger partial charge in [0.15, 0.2) is 0 Å². The molecular formula is C16H21N3OS. The predicted molar refractivity (Wildman–Crippen MR) is 85.8 cm³/mol. The minimum Gasteiger partial charge on any atom is -0.481 e. The minimum atomic E-state index is 0.676. The zero-order chi connectivity index (χ0) is 14.5. The maximum absolute atomic E-state index is 5.14. The molecule has 0 saturated heterocycles. The Morgan fingerprint density at radius 3 is 3.24 bits per heavy atom. The van der Waals surface area contributed by atoms with Gasteiger partial charge >= 0.3 is 0 Å². The van der Waals surface area contributed by atoms with Crippen LogP contribution in [0.3, 0.4) is 0 Å². The standard InChI is InChI=1S/C16H21N3OS/c1-20-16-4-2-3-14(18-16)11-17-7-9-19-8-5-15-13(12-19)6-10-21-15/h2-4,6,10,17H,5,7-9,11-12H2,1H3. The molecule has 0 aromatic carbocycles. The van der Waals surface area contributed by atoms with E-state index in [1.165, 1.54) is 18.5 Å². The van der Waals surface area contributed by atoms with Crippen LogP contribution in [0.2, 0.25) is 0 Å². The monoisotopic (exact) mass is 303 g/mol. The quantitative estimate of drug-likeness (QED) is 0.831. The fourth-order valence-electron chi connectivity index (χ4n) is 2.62. The van der Waals surface area contributed by atoms with Gasteiger partial charge < -0.3 is 10.1 Å². The summed E-state index contributed by atoms with van der Waals surface area (Å²) in [7, 11) is 1.65.